The van der Waals surface area contributed by atoms with Crippen LogP contribution in [0.3, 0.4) is 0 Å². The van der Waals surface area contributed by atoms with E-state index < -0.39 is 0 Å². The highest BCUT2D eigenvalue weighted by molar-refractivity contribution is 7.09. The molecule has 120 valence electrons. The zero-order valence-electron chi connectivity index (χ0n) is 12.6. The molecule has 5 nitrogen and oxygen atoms in total. The van der Waals surface area contributed by atoms with Crippen LogP contribution in [-0.2, 0) is 13.1 Å². The summed E-state index contributed by atoms with van der Waals surface area (Å²) in [7, 11) is 1.76. The Labute approximate surface area is 140 Å². The molecule has 0 aliphatic heterocycles. The molecule has 7 heteroatoms. The molecule has 0 unspecified atom stereocenters. The molecule has 1 aromatic heterocycles. The number of hydrogen-bond acceptors (Lipinski definition) is 5. The number of benzene rings is 1. The molecule has 2 N–H and O–H groups in total. The maximum atomic E-state index is 12.3. The van der Waals surface area contributed by atoms with Crippen molar-refractivity contribution in [3.05, 3.63) is 45.9 Å². The third-order valence-electron chi connectivity index (χ3n) is 2.95. The Hall–Kier alpha value is -1.63. The van der Waals surface area contributed by atoms with E-state index in [4.69, 9.17) is 10.5 Å². The minimum absolute atomic E-state index is 0. The molecule has 0 fully saturated rings. The molecule has 0 atom stereocenters. The second-order valence-corrected chi connectivity index (χ2v) is 5.51. The van der Waals surface area contributed by atoms with Gasteiger partial charge in [0.25, 0.3) is 5.91 Å². The van der Waals surface area contributed by atoms with Crippen LogP contribution >= 0.6 is 23.7 Å². The zero-order chi connectivity index (χ0) is 15.2. The summed E-state index contributed by atoms with van der Waals surface area (Å²) in [6.45, 7) is 3.48. The molecule has 0 radical (unpaired) electrons. The number of aromatic nitrogens is 1. The topological polar surface area (TPSA) is 68.5 Å². The van der Waals surface area contributed by atoms with E-state index in [1.165, 1.54) is 11.3 Å². The fourth-order valence-corrected chi connectivity index (χ4v) is 2.55. The number of carbonyl (C=O) groups excluding carboxylic acids is 1. The molecule has 1 heterocycles. The van der Waals surface area contributed by atoms with Gasteiger partial charge in [-0.1, -0.05) is 12.1 Å². The summed E-state index contributed by atoms with van der Waals surface area (Å²) in [5, 5.41) is 2.52. The van der Waals surface area contributed by atoms with Gasteiger partial charge >= 0.3 is 0 Å². The van der Waals surface area contributed by atoms with Gasteiger partial charge in [0.05, 0.1) is 6.61 Å². The molecule has 0 aliphatic carbocycles. The summed E-state index contributed by atoms with van der Waals surface area (Å²) in [5.74, 6) is 0.738. The van der Waals surface area contributed by atoms with Crippen molar-refractivity contribution in [2.45, 2.75) is 20.0 Å². The predicted molar refractivity (Wildman–Crippen MR) is 90.7 cm³/mol. The number of thiazole rings is 1. The van der Waals surface area contributed by atoms with Crippen LogP contribution in [0.4, 0.5) is 0 Å². The average molecular weight is 342 g/mol. The molecule has 1 aromatic carbocycles. The van der Waals surface area contributed by atoms with Crippen LogP contribution in [0.15, 0.2) is 29.6 Å². The van der Waals surface area contributed by atoms with E-state index in [2.05, 4.69) is 4.98 Å². The van der Waals surface area contributed by atoms with Gasteiger partial charge in [0.2, 0.25) is 0 Å². The Bertz CT molecular complexity index is 601. The molecule has 2 rings (SSSR count). The fourth-order valence-electron chi connectivity index (χ4n) is 1.90. The van der Waals surface area contributed by atoms with Crippen LogP contribution in [-0.4, -0.2) is 29.4 Å². The number of carbonyl (C=O) groups is 1. The number of nitrogens with two attached hydrogens (primary N) is 1. The Morgan fingerprint density at radius 1 is 1.36 bits per heavy atom. The van der Waals surface area contributed by atoms with Gasteiger partial charge in [-0.05, 0) is 24.6 Å². The fraction of sp³-hybridized carbons (Fsp3) is 0.333. The molecule has 0 saturated heterocycles. The minimum atomic E-state index is -0.0974. The van der Waals surface area contributed by atoms with Crippen molar-refractivity contribution < 1.29 is 9.53 Å². The molecule has 22 heavy (non-hydrogen) atoms. The summed E-state index contributed by atoms with van der Waals surface area (Å²) in [4.78, 5) is 18.1. The second kappa shape index (κ2) is 8.73. The van der Waals surface area contributed by atoms with Gasteiger partial charge in [-0.25, -0.2) is 4.98 Å². The van der Waals surface area contributed by atoms with E-state index in [0.717, 1.165) is 16.3 Å². The van der Waals surface area contributed by atoms with Crippen molar-refractivity contribution in [1.29, 1.82) is 0 Å². The van der Waals surface area contributed by atoms with Gasteiger partial charge < -0.3 is 15.4 Å². The largest absolute Gasteiger partial charge is 0.494 e. The summed E-state index contributed by atoms with van der Waals surface area (Å²) in [5.41, 5.74) is 7.01. The monoisotopic (exact) mass is 341 g/mol. The minimum Gasteiger partial charge on any atom is -0.494 e. The quantitative estimate of drug-likeness (QED) is 0.877. The first-order valence-corrected chi connectivity index (χ1v) is 7.63. The smallest absolute Gasteiger partial charge is 0.273 e. The maximum Gasteiger partial charge on any atom is 0.273 e. The number of amides is 1. The first-order chi connectivity index (χ1) is 10.1. The van der Waals surface area contributed by atoms with Gasteiger partial charge in [-0.2, -0.15) is 0 Å². The summed E-state index contributed by atoms with van der Waals surface area (Å²) in [6, 6.07) is 7.74. The summed E-state index contributed by atoms with van der Waals surface area (Å²) >= 11 is 1.41. The van der Waals surface area contributed by atoms with Gasteiger partial charge in [-0.3, -0.25) is 4.79 Å². The Balaban J connectivity index is 0.00000242. The van der Waals surface area contributed by atoms with E-state index in [1.54, 1.807) is 17.3 Å². The van der Waals surface area contributed by atoms with Crippen LogP contribution in [0, 0.1) is 0 Å². The lowest BCUT2D eigenvalue weighted by Gasteiger charge is -2.16. The zero-order valence-corrected chi connectivity index (χ0v) is 14.2. The van der Waals surface area contributed by atoms with E-state index in [0.29, 0.717) is 25.4 Å². The van der Waals surface area contributed by atoms with Gasteiger partial charge in [0.15, 0.2) is 0 Å². The van der Waals surface area contributed by atoms with E-state index >= 15 is 0 Å². The van der Waals surface area contributed by atoms with E-state index in [-0.39, 0.29) is 18.3 Å². The highest BCUT2D eigenvalue weighted by Crippen LogP contribution is 2.15. The molecular formula is C15H20ClN3O2S. The van der Waals surface area contributed by atoms with Crippen LogP contribution < -0.4 is 10.5 Å². The molecule has 0 aliphatic rings. The number of nitrogens with zero attached hydrogens (tertiary/aromatic N) is 2. The van der Waals surface area contributed by atoms with Crippen molar-refractivity contribution in [2.24, 2.45) is 5.73 Å². The number of halogens is 1. The van der Waals surface area contributed by atoms with Crippen molar-refractivity contribution in [1.82, 2.24) is 9.88 Å². The maximum absolute atomic E-state index is 12.3. The lowest BCUT2D eigenvalue weighted by atomic mass is 10.2. The Kier molecular flexibility index (Phi) is 7.31. The normalized spacial score (nSPS) is 9.95. The third kappa shape index (κ3) is 4.69. The van der Waals surface area contributed by atoms with E-state index in [9.17, 15) is 4.79 Å². The number of rotatable bonds is 6. The van der Waals surface area contributed by atoms with Crippen molar-refractivity contribution in [2.75, 3.05) is 13.7 Å². The first-order valence-electron chi connectivity index (χ1n) is 6.75. The molecular weight excluding hydrogens is 322 g/mol. The molecule has 2 aromatic rings. The lowest BCUT2D eigenvalue weighted by Crippen LogP contribution is -2.26. The van der Waals surface area contributed by atoms with Crippen LogP contribution in [0.2, 0.25) is 0 Å². The predicted octanol–water partition coefficient (Wildman–Crippen LogP) is 2.69. The Morgan fingerprint density at radius 2 is 2.05 bits per heavy atom. The molecule has 0 saturated carbocycles. The highest BCUT2D eigenvalue weighted by atomic mass is 35.5. The van der Waals surface area contributed by atoms with Crippen LogP contribution in [0.25, 0.3) is 0 Å². The number of hydrogen-bond donors (Lipinski definition) is 1. The molecule has 0 bridgehead atoms. The van der Waals surface area contributed by atoms with Crippen molar-refractivity contribution in [3.63, 3.8) is 0 Å². The number of ether oxygens (including phenoxy) is 1. The van der Waals surface area contributed by atoms with Gasteiger partial charge in [-0.15, -0.1) is 23.7 Å². The second-order valence-electron chi connectivity index (χ2n) is 4.57. The van der Waals surface area contributed by atoms with Gasteiger partial charge in [0.1, 0.15) is 16.5 Å². The van der Waals surface area contributed by atoms with Crippen molar-refractivity contribution >= 4 is 29.7 Å². The van der Waals surface area contributed by atoms with Crippen LogP contribution in [0.1, 0.15) is 28.0 Å². The molecule has 0 spiro atoms. The van der Waals surface area contributed by atoms with E-state index in [1.807, 2.05) is 31.2 Å². The van der Waals surface area contributed by atoms with Crippen molar-refractivity contribution in [3.8, 4) is 5.75 Å². The highest BCUT2D eigenvalue weighted by Gasteiger charge is 2.15. The SMILES string of the molecule is CCOc1ccc(CN(C)C(=O)c2csc(CN)n2)cc1.Cl. The molecule has 1 amide bonds. The third-order valence-corrected chi connectivity index (χ3v) is 3.82. The standard InChI is InChI=1S/C15H19N3O2S.ClH/c1-3-20-12-6-4-11(5-7-12)9-18(2)15(19)13-10-21-14(8-16)17-13;/h4-7,10H,3,8-9,16H2,1-2H3;1H. The Morgan fingerprint density at radius 3 is 2.59 bits per heavy atom. The lowest BCUT2D eigenvalue weighted by molar-refractivity contribution is 0.0780. The van der Waals surface area contributed by atoms with Crippen LogP contribution in [0.5, 0.6) is 5.75 Å². The summed E-state index contributed by atoms with van der Waals surface area (Å²) < 4.78 is 5.40. The average Bonchev–Trinajstić information content (AvgIpc) is 2.97. The van der Waals surface area contributed by atoms with Gasteiger partial charge in [0, 0.05) is 25.5 Å². The first kappa shape index (κ1) is 18.4. The summed E-state index contributed by atoms with van der Waals surface area (Å²) in [6.07, 6.45) is 0.